The van der Waals surface area contributed by atoms with E-state index in [9.17, 15) is 14.7 Å². The molecule has 0 aromatic heterocycles. The van der Waals surface area contributed by atoms with Crippen LogP contribution in [0.3, 0.4) is 0 Å². The highest BCUT2D eigenvalue weighted by Gasteiger charge is 2.35. The molecule has 0 fully saturated rings. The Hall–Kier alpha value is -2.66. The van der Waals surface area contributed by atoms with Crippen molar-refractivity contribution in [2.45, 2.75) is 25.4 Å². The van der Waals surface area contributed by atoms with Crippen LogP contribution in [-0.4, -0.2) is 29.1 Å². The maximum Gasteiger partial charge on any atom is 0.313 e. The van der Waals surface area contributed by atoms with E-state index in [1.807, 2.05) is 43.3 Å². The topological polar surface area (TPSA) is 78.4 Å². The number of rotatable bonds is 3. The van der Waals surface area contributed by atoms with E-state index in [1.54, 1.807) is 12.1 Å². The lowest BCUT2D eigenvalue weighted by Crippen LogP contribution is -2.46. The van der Waals surface area contributed by atoms with Gasteiger partial charge >= 0.3 is 11.8 Å². The number of benzene rings is 2. The summed E-state index contributed by atoms with van der Waals surface area (Å²) < 4.78 is 0. The molecule has 0 radical (unpaired) electrons. The van der Waals surface area contributed by atoms with E-state index in [0.29, 0.717) is 18.5 Å². The number of fused-ring (bicyclic) bond motifs is 1. The lowest BCUT2D eigenvalue weighted by Gasteiger charge is -2.22. The minimum atomic E-state index is -1.04. The first-order valence-electron chi connectivity index (χ1n) is 7.91. The minimum Gasteiger partial charge on any atom is -0.387 e. The van der Waals surface area contributed by atoms with Crippen molar-refractivity contribution in [3.8, 4) is 0 Å². The van der Waals surface area contributed by atoms with E-state index < -0.39 is 17.4 Å². The van der Waals surface area contributed by atoms with E-state index in [2.05, 4.69) is 10.6 Å². The molecule has 0 heterocycles. The normalized spacial score (nSPS) is 14.8. The van der Waals surface area contributed by atoms with Crippen molar-refractivity contribution in [2.24, 2.45) is 0 Å². The van der Waals surface area contributed by atoms with Gasteiger partial charge in [-0.2, -0.15) is 0 Å². The van der Waals surface area contributed by atoms with Crippen LogP contribution in [0.2, 0.25) is 0 Å². The number of nitrogens with one attached hydrogen (secondary N) is 2. The van der Waals surface area contributed by atoms with Gasteiger partial charge in [-0.3, -0.25) is 9.59 Å². The second-order valence-corrected chi connectivity index (χ2v) is 6.30. The van der Waals surface area contributed by atoms with Crippen molar-refractivity contribution in [2.75, 3.05) is 11.9 Å². The minimum absolute atomic E-state index is 0.0434. The average molecular weight is 324 g/mol. The smallest absolute Gasteiger partial charge is 0.313 e. The molecule has 0 spiro atoms. The predicted molar refractivity (Wildman–Crippen MR) is 91.6 cm³/mol. The molecule has 1 aliphatic carbocycles. The van der Waals surface area contributed by atoms with E-state index >= 15 is 0 Å². The van der Waals surface area contributed by atoms with Crippen molar-refractivity contribution >= 4 is 17.5 Å². The number of hydrogen-bond donors (Lipinski definition) is 3. The third-order valence-corrected chi connectivity index (χ3v) is 4.33. The number of hydrogen-bond acceptors (Lipinski definition) is 3. The molecule has 2 amide bonds. The Morgan fingerprint density at radius 1 is 1.00 bits per heavy atom. The largest absolute Gasteiger partial charge is 0.387 e. The molecule has 3 N–H and O–H groups in total. The van der Waals surface area contributed by atoms with Crippen LogP contribution in [0, 0.1) is 6.92 Å². The Bertz CT molecular complexity index is 761. The summed E-state index contributed by atoms with van der Waals surface area (Å²) >= 11 is 0. The molecule has 0 saturated carbocycles. The number of amides is 2. The first kappa shape index (κ1) is 16.2. The maximum atomic E-state index is 12.0. The number of aryl methyl sites for hydroxylation is 1. The van der Waals surface area contributed by atoms with Gasteiger partial charge in [0.15, 0.2) is 0 Å². The van der Waals surface area contributed by atoms with Crippen LogP contribution in [0.15, 0.2) is 48.5 Å². The number of carbonyl (C=O) groups excluding carboxylic acids is 2. The Morgan fingerprint density at radius 3 is 2.21 bits per heavy atom. The van der Waals surface area contributed by atoms with Crippen LogP contribution >= 0.6 is 0 Å². The van der Waals surface area contributed by atoms with Crippen molar-refractivity contribution in [3.63, 3.8) is 0 Å². The molecule has 2 aromatic carbocycles. The molecule has 0 saturated heterocycles. The van der Waals surface area contributed by atoms with E-state index in [-0.39, 0.29) is 6.54 Å². The van der Waals surface area contributed by atoms with Gasteiger partial charge in [0, 0.05) is 25.1 Å². The van der Waals surface area contributed by atoms with Crippen molar-refractivity contribution in [1.82, 2.24) is 5.32 Å². The van der Waals surface area contributed by atoms with Crippen LogP contribution in [0.4, 0.5) is 5.69 Å². The molecule has 5 heteroatoms. The Kier molecular flexibility index (Phi) is 4.36. The van der Waals surface area contributed by atoms with Crippen LogP contribution < -0.4 is 10.6 Å². The number of para-hydroxylation sites is 1. The van der Waals surface area contributed by atoms with E-state index in [1.165, 1.54) is 0 Å². The quantitative estimate of drug-likeness (QED) is 0.750. The number of aliphatic hydroxyl groups is 1. The first-order chi connectivity index (χ1) is 11.5. The predicted octanol–water partition coefficient (Wildman–Crippen LogP) is 1.58. The Labute approximate surface area is 140 Å². The number of anilines is 1. The highest BCUT2D eigenvalue weighted by molar-refractivity contribution is 6.39. The van der Waals surface area contributed by atoms with Gasteiger partial charge in [0.1, 0.15) is 0 Å². The summed E-state index contributed by atoms with van der Waals surface area (Å²) in [6, 6.07) is 15.0. The first-order valence-corrected chi connectivity index (χ1v) is 7.91. The molecule has 0 bridgehead atoms. The molecule has 0 aliphatic heterocycles. The van der Waals surface area contributed by atoms with Gasteiger partial charge in [-0.1, -0.05) is 42.5 Å². The highest BCUT2D eigenvalue weighted by Crippen LogP contribution is 2.29. The summed E-state index contributed by atoms with van der Waals surface area (Å²) in [6.45, 7) is 1.90. The third kappa shape index (κ3) is 3.46. The van der Waals surface area contributed by atoms with Crippen LogP contribution in [0.5, 0.6) is 0 Å². The second kappa shape index (κ2) is 6.45. The maximum absolute atomic E-state index is 12.0. The summed E-state index contributed by atoms with van der Waals surface area (Å²) in [5, 5.41) is 15.8. The molecule has 3 rings (SSSR count). The van der Waals surface area contributed by atoms with Gasteiger partial charge < -0.3 is 15.7 Å². The van der Waals surface area contributed by atoms with Gasteiger partial charge in [-0.05, 0) is 29.7 Å². The molecular formula is C19H20N2O3. The van der Waals surface area contributed by atoms with Crippen molar-refractivity contribution in [3.05, 3.63) is 65.2 Å². The fraction of sp³-hybridized carbons (Fsp3) is 0.263. The van der Waals surface area contributed by atoms with Gasteiger partial charge in [0.2, 0.25) is 0 Å². The zero-order chi connectivity index (χ0) is 17.2. The lowest BCUT2D eigenvalue weighted by molar-refractivity contribution is -0.136. The van der Waals surface area contributed by atoms with Gasteiger partial charge in [-0.25, -0.2) is 0 Å². The lowest BCUT2D eigenvalue weighted by atomic mass is 10.0. The van der Waals surface area contributed by atoms with Crippen LogP contribution in [-0.2, 0) is 22.4 Å². The van der Waals surface area contributed by atoms with Crippen molar-refractivity contribution in [1.29, 1.82) is 0 Å². The highest BCUT2D eigenvalue weighted by atomic mass is 16.3. The molecule has 2 aromatic rings. The fourth-order valence-electron chi connectivity index (χ4n) is 3.02. The monoisotopic (exact) mass is 324 g/mol. The number of carbonyl (C=O) groups is 2. The van der Waals surface area contributed by atoms with Gasteiger partial charge in [-0.15, -0.1) is 0 Å². The SMILES string of the molecule is Cc1ccccc1NC(=O)C(=O)NCC1(O)Cc2ccccc2C1. The Morgan fingerprint density at radius 2 is 1.58 bits per heavy atom. The zero-order valence-electron chi connectivity index (χ0n) is 13.5. The molecule has 24 heavy (non-hydrogen) atoms. The molecular weight excluding hydrogens is 304 g/mol. The van der Waals surface area contributed by atoms with Crippen LogP contribution in [0.1, 0.15) is 16.7 Å². The van der Waals surface area contributed by atoms with Crippen LogP contribution in [0.25, 0.3) is 0 Å². The zero-order valence-corrected chi connectivity index (χ0v) is 13.5. The fourth-order valence-corrected chi connectivity index (χ4v) is 3.02. The Balaban J connectivity index is 1.56. The molecule has 0 unspecified atom stereocenters. The molecule has 0 atom stereocenters. The molecule has 124 valence electrons. The summed E-state index contributed by atoms with van der Waals surface area (Å²) in [7, 11) is 0. The average Bonchev–Trinajstić information content (AvgIpc) is 2.91. The summed E-state index contributed by atoms with van der Waals surface area (Å²) in [6.07, 6.45) is 0.950. The van der Waals surface area contributed by atoms with Gasteiger partial charge in [0.05, 0.1) is 5.60 Å². The van der Waals surface area contributed by atoms with Crippen molar-refractivity contribution < 1.29 is 14.7 Å². The second-order valence-electron chi connectivity index (χ2n) is 6.30. The molecule has 5 nitrogen and oxygen atoms in total. The third-order valence-electron chi connectivity index (χ3n) is 4.33. The molecule has 1 aliphatic rings. The van der Waals surface area contributed by atoms with E-state index in [0.717, 1.165) is 16.7 Å². The summed E-state index contributed by atoms with van der Waals surface area (Å²) in [5.41, 5.74) is 2.60. The van der Waals surface area contributed by atoms with E-state index in [4.69, 9.17) is 0 Å². The standard InChI is InChI=1S/C19H20N2O3/c1-13-6-2-5-9-16(13)21-18(23)17(22)20-12-19(24)10-14-7-3-4-8-15(14)11-19/h2-9,24H,10-12H2,1H3,(H,20,22)(H,21,23). The summed E-state index contributed by atoms with van der Waals surface area (Å²) in [4.78, 5) is 24.0. The van der Waals surface area contributed by atoms with Gasteiger partial charge in [0.25, 0.3) is 0 Å². The summed E-state index contributed by atoms with van der Waals surface area (Å²) in [5.74, 6) is -1.48.